The highest BCUT2D eigenvalue weighted by Crippen LogP contribution is 2.31. The summed E-state index contributed by atoms with van der Waals surface area (Å²) in [6.45, 7) is 2.93. The molecule has 0 aromatic heterocycles. The molecule has 1 heterocycles. The number of carbonyl (C=O) groups is 1. The van der Waals surface area contributed by atoms with Crippen LogP contribution < -0.4 is 5.11 Å². The van der Waals surface area contributed by atoms with Gasteiger partial charge in [-0.1, -0.05) is 18.2 Å². The average Bonchev–Trinajstić information content (AvgIpc) is 2.48. The molecule has 0 radical (unpaired) electrons. The van der Waals surface area contributed by atoms with E-state index in [1.165, 1.54) is 0 Å². The van der Waals surface area contributed by atoms with Gasteiger partial charge in [-0.2, -0.15) is 8.42 Å². The maximum absolute atomic E-state index is 12.8. The van der Waals surface area contributed by atoms with Gasteiger partial charge in [0.25, 0.3) is 0 Å². The van der Waals surface area contributed by atoms with Crippen molar-refractivity contribution in [2.45, 2.75) is 24.7 Å². The van der Waals surface area contributed by atoms with Crippen LogP contribution >= 0.6 is 0 Å². The zero-order valence-electron chi connectivity index (χ0n) is 11.5. The number of carboxylic acid groups (broad SMARTS) is 1. The molecule has 1 aromatic carbocycles. The summed E-state index contributed by atoms with van der Waals surface area (Å²) in [5.41, 5.74) is 0. The Labute approximate surface area is 119 Å². The lowest BCUT2D eigenvalue weighted by atomic mass is 9.97. The minimum Gasteiger partial charge on any atom is -0.550 e. The zero-order chi connectivity index (χ0) is 14.8. The second-order valence-electron chi connectivity index (χ2n) is 5.20. The topological polar surface area (TPSA) is 74.3 Å². The van der Waals surface area contributed by atoms with Gasteiger partial charge in [0.15, 0.2) is 0 Å². The maximum atomic E-state index is 12.8. The summed E-state index contributed by atoms with van der Waals surface area (Å²) < 4.78 is 25.6. The molecular formula is C14H19NO4S. The van der Waals surface area contributed by atoms with Gasteiger partial charge in [0, 0.05) is 24.7 Å². The summed E-state index contributed by atoms with van der Waals surface area (Å²) in [7, 11) is -3.50. The highest BCUT2D eigenvalue weighted by Gasteiger charge is 2.44. The van der Waals surface area contributed by atoms with Crippen LogP contribution in [-0.2, 0) is 14.8 Å². The van der Waals surface area contributed by atoms with Crippen LogP contribution in [0.4, 0.5) is 0 Å². The molecular weight excluding hydrogens is 278 g/mol. The number of aliphatic carboxylic acids is 1. The summed E-state index contributed by atoms with van der Waals surface area (Å²) in [5.74, 6) is -1.60. The molecule has 0 aliphatic carbocycles. The average molecular weight is 297 g/mol. The van der Waals surface area contributed by atoms with Crippen LogP contribution in [-0.4, -0.2) is 37.9 Å². The fraction of sp³-hybridized carbons (Fsp3) is 0.500. The molecule has 110 valence electrons. The lowest BCUT2D eigenvalue weighted by molar-refractivity contribution is -0.811. The number of carbonyl (C=O) groups excluding carboxylic acids is 1. The smallest absolute Gasteiger partial charge is 0.327 e. The number of likely N-dealkylation sites (tertiary alicyclic amines) is 1. The number of rotatable bonds is 4. The Bertz CT molecular complexity index is 574. The lowest BCUT2D eigenvalue weighted by Gasteiger charge is -2.41. The Morgan fingerprint density at radius 3 is 2.25 bits per heavy atom. The summed E-state index contributed by atoms with van der Waals surface area (Å²) in [6.07, 6.45) is 0.699. The molecule has 1 aromatic rings. The second kappa shape index (κ2) is 5.54. The quantitative estimate of drug-likeness (QED) is 0.753. The zero-order valence-corrected chi connectivity index (χ0v) is 12.3. The molecule has 0 atom stereocenters. The first-order chi connectivity index (χ1) is 9.43. The van der Waals surface area contributed by atoms with Gasteiger partial charge in [0.1, 0.15) is 4.90 Å². The number of hydrogen-bond acceptors (Lipinski definition) is 4. The van der Waals surface area contributed by atoms with Crippen LogP contribution in [0.2, 0.25) is 0 Å². The minimum absolute atomic E-state index is 0.0687. The molecule has 0 N–H and O–H groups in total. The van der Waals surface area contributed by atoms with E-state index in [0.29, 0.717) is 37.4 Å². The number of hydrogen-bond donors (Lipinski definition) is 0. The third-order valence-corrected chi connectivity index (χ3v) is 6.74. The molecule has 1 fully saturated rings. The number of quaternary nitrogens is 1. The van der Waals surface area contributed by atoms with Gasteiger partial charge in [-0.15, -0.1) is 0 Å². The van der Waals surface area contributed by atoms with E-state index in [4.69, 9.17) is 0 Å². The minimum atomic E-state index is -3.50. The van der Waals surface area contributed by atoms with Crippen molar-refractivity contribution in [1.29, 1.82) is 0 Å². The first kappa shape index (κ1) is 15.0. The van der Waals surface area contributed by atoms with Crippen LogP contribution in [0.3, 0.4) is 0 Å². The third kappa shape index (κ3) is 2.45. The van der Waals surface area contributed by atoms with Crippen molar-refractivity contribution in [1.82, 2.24) is 0 Å². The van der Waals surface area contributed by atoms with Gasteiger partial charge < -0.3 is 9.90 Å². The molecule has 2 rings (SSSR count). The molecule has 20 heavy (non-hydrogen) atoms. The van der Waals surface area contributed by atoms with Gasteiger partial charge in [-0.05, 0) is 19.1 Å². The van der Waals surface area contributed by atoms with Crippen LogP contribution in [0, 0.1) is 5.92 Å². The van der Waals surface area contributed by atoms with Crippen molar-refractivity contribution in [3.63, 3.8) is 0 Å². The predicted octanol–water partition coefficient (Wildman–Crippen LogP) is 0.372. The molecule has 5 nitrogen and oxygen atoms in total. The largest absolute Gasteiger partial charge is 0.550 e. The monoisotopic (exact) mass is 297 g/mol. The molecule has 0 bridgehead atoms. The third-order valence-electron chi connectivity index (χ3n) is 4.23. The number of piperidine rings is 1. The molecule has 1 aliphatic heterocycles. The van der Waals surface area contributed by atoms with Crippen molar-refractivity contribution in [3.05, 3.63) is 30.3 Å². The summed E-state index contributed by atoms with van der Waals surface area (Å²) in [6, 6.07) is 8.36. The van der Waals surface area contributed by atoms with Crippen LogP contribution in [0.25, 0.3) is 0 Å². The first-order valence-electron chi connectivity index (χ1n) is 6.80. The van der Waals surface area contributed by atoms with Crippen molar-refractivity contribution in [2.75, 3.05) is 19.6 Å². The van der Waals surface area contributed by atoms with Crippen molar-refractivity contribution in [2.24, 2.45) is 5.92 Å². The van der Waals surface area contributed by atoms with E-state index >= 15 is 0 Å². The molecule has 0 saturated carbocycles. The van der Waals surface area contributed by atoms with Gasteiger partial charge in [0.2, 0.25) is 0 Å². The predicted molar refractivity (Wildman–Crippen MR) is 71.9 cm³/mol. The number of carboxylic acids is 1. The lowest BCUT2D eigenvalue weighted by Crippen LogP contribution is -2.57. The van der Waals surface area contributed by atoms with Gasteiger partial charge >= 0.3 is 10.0 Å². The Kier molecular flexibility index (Phi) is 4.15. The second-order valence-corrected chi connectivity index (χ2v) is 7.40. The van der Waals surface area contributed by atoms with E-state index in [2.05, 4.69) is 0 Å². The first-order valence-corrected chi connectivity index (χ1v) is 8.24. The molecule has 1 saturated heterocycles. The number of nitrogens with zero attached hydrogens (tertiary/aromatic N) is 1. The Morgan fingerprint density at radius 2 is 1.80 bits per heavy atom. The van der Waals surface area contributed by atoms with E-state index in [9.17, 15) is 18.3 Å². The van der Waals surface area contributed by atoms with Crippen molar-refractivity contribution < 1.29 is 22.2 Å². The van der Waals surface area contributed by atoms with Crippen LogP contribution in [0.1, 0.15) is 19.8 Å². The van der Waals surface area contributed by atoms with Crippen molar-refractivity contribution >= 4 is 16.0 Å². The summed E-state index contributed by atoms with van der Waals surface area (Å²) >= 11 is 0. The normalized spacial score (nSPS) is 27.1. The van der Waals surface area contributed by atoms with E-state index < -0.39 is 21.9 Å². The van der Waals surface area contributed by atoms with E-state index in [-0.39, 0.29) is 3.89 Å². The molecule has 0 amide bonds. The molecule has 6 heteroatoms. The number of sulfonamides is 1. The standard InChI is InChI=1S/C14H19NO4S/c1-2-15(10-8-12(9-11-15)14(16)17)20(18,19)13-6-4-3-5-7-13/h3-7,12H,2,8-11H2,1H3. The SMILES string of the molecule is CC[N+]1(S(=O)(=O)c2ccccc2)CCC(C(=O)[O-])CC1. The summed E-state index contributed by atoms with van der Waals surface area (Å²) in [4.78, 5) is 11.2. The fourth-order valence-corrected chi connectivity index (χ4v) is 4.80. The Balaban J connectivity index is 2.31. The van der Waals surface area contributed by atoms with Crippen LogP contribution in [0.5, 0.6) is 0 Å². The van der Waals surface area contributed by atoms with Crippen molar-refractivity contribution in [3.8, 4) is 0 Å². The highest BCUT2D eigenvalue weighted by atomic mass is 32.2. The molecule has 0 spiro atoms. The molecule has 1 aliphatic rings. The van der Waals surface area contributed by atoms with Crippen LogP contribution in [0.15, 0.2) is 35.2 Å². The van der Waals surface area contributed by atoms with Gasteiger partial charge in [0.05, 0.1) is 19.6 Å². The highest BCUT2D eigenvalue weighted by molar-refractivity contribution is 7.86. The van der Waals surface area contributed by atoms with E-state index in [1.54, 1.807) is 30.3 Å². The molecule has 0 unspecified atom stereocenters. The van der Waals surface area contributed by atoms with Gasteiger partial charge in [-0.25, -0.2) is 3.89 Å². The van der Waals surface area contributed by atoms with E-state index in [1.807, 2.05) is 6.92 Å². The fourth-order valence-electron chi connectivity index (χ4n) is 2.82. The van der Waals surface area contributed by atoms with Gasteiger partial charge in [-0.3, -0.25) is 0 Å². The van der Waals surface area contributed by atoms with E-state index in [0.717, 1.165) is 0 Å². The summed E-state index contributed by atoms with van der Waals surface area (Å²) in [5, 5.41) is 10.9. The Morgan fingerprint density at radius 1 is 1.25 bits per heavy atom. The number of benzene rings is 1. The Hall–Kier alpha value is -1.40. The maximum Gasteiger partial charge on any atom is 0.327 e.